The third-order valence-electron chi connectivity index (χ3n) is 2.42. The van der Waals surface area contributed by atoms with Crippen molar-refractivity contribution in [3.05, 3.63) is 28.7 Å². The quantitative estimate of drug-likeness (QED) is 0.795. The smallest absolute Gasteiger partial charge is 0.235 e. The number of benzene rings is 1. The number of anilines is 1. The molecule has 1 aliphatic rings. The lowest BCUT2D eigenvalue weighted by molar-refractivity contribution is 0.598. The van der Waals surface area contributed by atoms with Crippen molar-refractivity contribution in [2.24, 2.45) is 5.92 Å². The summed E-state index contributed by atoms with van der Waals surface area (Å²) < 4.78 is 26.0. The molecule has 1 unspecified atom stereocenters. The second kappa shape index (κ2) is 3.79. The van der Waals surface area contributed by atoms with Gasteiger partial charge in [0.2, 0.25) is 10.0 Å². The lowest BCUT2D eigenvalue weighted by Crippen LogP contribution is -2.25. The fourth-order valence-corrected chi connectivity index (χ4v) is 3.97. The fourth-order valence-electron chi connectivity index (χ4n) is 1.77. The first-order valence-corrected chi connectivity index (χ1v) is 7.15. The molecule has 1 saturated heterocycles. The van der Waals surface area contributed by atoms with Crippen LogP contribution in [0.1, 0.15) is 6.92 Å². The monoisotopic (exact) mass is 289 g/mol. The lowest BCUT2D eigenvalue weighted by Gasteiger charge is -2.16. The molecule has 0 bridgehead atoms. The molecule has 82 valence electrons. The van der Waals surface area contributed by atoms with Crippen molar-refractivity contribution in [3.8, 4) is 0 Å². The predicted octanol–water partition coefficient (Wildman–Crippen LogP) is 2.24. The standard InChI is InChI=1S/C10H12BrNO2S/c1-8-6-12(15(13,14)7-8)10-4-2-9(11)3-5-10/h2-5,8H,6-7H2,1H3. The normalized spacial score (nSPS) is 24.4. The highest BCUT2D eigenvalue weighted by Gasteiger charge is 2.33. The van der Waals surface area contributed by atoms with Crippen molar-refractivity contribution in [1.82, 2.24) is 0 Å². The Morgan fingerprint density at radius 3 is 2.40 bits per heavy atom. The summed E-state index contributed by atoms with van der Waals surface area (Å²) in [6.45, 7) is 2.54. The highest BCUT2D eigenvalue weighted by molar-refractivity contribution is 9.10. The average molecular weight is 290 g/mol. The van der Waals surface area contributed by atoms with E-state index in [0.29, 0.717) is 6.54 Å². The molecule has 0 radical (unpaired) electrons. The van der Waals surface area contributed by atoms with E-state index in [0.717, 1.165) is 10.2 Å². The molecule has 0 spiro atoms. The van der Waals surface area contributed by atoms with Crippen molar-refractivity contribution in [2.45, 2.75) is 6.92 Å². The molecule has 0 saturated carbocycles. The maximum absolute atomic E-state index is 11.8. The molecule has 0 aliphatic carbocycles. The second-order valence-electron chi connectivity index (χ2n) is 3.89. The Kier molecular flexibility index (Phi) is 2.77. The van der Waals surface area contributed by atoms with Gasteiger partial charge in [-0.15, -0.1) is 0 Å². The molecule has 1 fully saturated rings. The molecule has 5 heteroatoms. The van der Waals surface area contributed by atoms with Crippen LogP contribution in [0.25, 0.3) is 0 Å². The molecule has 1 heterocycles. The van der Waals surface area contributed by atoms with Gasteiger partial charge in [-0.25, -0.2) is 8.42 Å². The van der Waals surface area contributed by atoms with Crippen LogP contribution in [0.5, 0.6) is 0 Å². The van der Waals surface area contributed by atoms with Gasteiger partial charge < -0.3 is 0 Å². The largest absolute Gasteiger partial charge is 0.270 e. The maximum atomic E-state index is 11.8. The Bertz CT molecular complexity index is 455. The van der Waals surface area contributed by atoms with Crippen molar-refractivity contribution >= 4 is 31.6 Å². The van der Waals surface area contributed by atoms with Gasteiger partial charge in [0.15, 0.2) is 0 Å². The van der Waals surface area contributed by atoms with E-state index in [1.807, 2.05) is 31.2 Å². The van der Waals surface area contributed by atoms with Gasteiger partial charge in [-0.05, 0) is 30.2 Å². The number of nitrogens with zero attached hydrogens (tertiary/aromatic N) is 1. The van der Waals surface area contributed by atoms with Gasteiger partial charge in [0.1, 0.15) is 0 Å². The molecule has 15 heavy (non-hydrogen) atoms. The third kappa shape index (κ3) is 2.18. The van der Waals surface area contributed by atoms with E-state index in [-0.39, 0.29) is 11.7 Å². The summed E-state index contributed by atoms with van der Waals surface area (Å²) >= 11 is 3.33. The molecule has 1 aromatic rings. The summed E-state index contributed by atoms with van der Waals surface area (Å²) in [5, 5.41) is 0. The molecule has 1 aliphatic heterocycles. The molecular weight excluding hydrogens is 278 g/mol. The number of rotatable bonds is 1. The lowest BCUT2D eigenvalue weighted by atomic mass is 10.2. The Labute approximate surface area is 98.3 Å². The van der Waals surface area contributed by atoms with Gasteiger partial charge in [0.25, 0.3) is 0 Å². The van der Waals surface area contributed by atoms with Gasteiger partial charge in [-0.3, -0.25) is 4.31 Å². The predicted molar refractivity (Wildman–Crippen MR) is 64.4 cm³/mol. The Hall–Kier alpha value is -0.550. The van der Waals surface area contributed by atoms with Crippen LogP contribution in [0, 0.1) is 5.92 Å². The van der Waals surface area contributed by atoms with Crippen LogP contribution >= 0.6 is 15.9 Å². The molecule has 0 amide bonds. The molecule has 0 aromatic heterocycles. The summed E-state index contributed by atoms with van der Waals surface area (Å²) in [4.78, 5) is 0. The van der Waals surface area contributed by atoms with Crippen molar-refractivity contribution in [2.75, 3.05) is 16.6 Å². The maximum Gasteiger partial charge on any atom is 0.235 e. The third-order valence-corrected chi connectivity index (χ3v) is 4.97. The SMILES string of the molecule is CC1CN(c2ccc(Br)cc2)S(=O)(=O)C1. The molecule has 3 nitrogen and oxygen atoms in total. The first-order valence-electron chi connectivity index (χ1n) is 4.75. The van der Waals surface area contributed by atoms with E-state index in [1.54, 1.807) is 0 Å². The van der Waals surface area contributed by atoms with Crippen LogP contribution in [0.15, 0.2) is 28.7 Å². The Morgan fingerprint density at radius 2 is 1.93 bits per heavy atom. The second-order valence-corrected chi connectivity index (χ2v) is 6.74. The van der Waals surface area contributed by atoms with Crippen LogP contribution in [0.3, 0.4) is 0 Å². The highest BCUT2D eigenvalue weighted by Crippen LogP contribution is 2.27. The minimum absolute atomic E-state index is 0.207. The zero-order valence-electron chi connectivity index (χ0n) is 8.35. The van der Waals surface area contributed by atoms with Crippen LogP contribution in [-0.2, 0) is 10.0 Å². The van der Waals surface area contributed by atoms with Crippen LogP contribution in [0.4, 0.5) is 5.69 Å². The van der Waals surface area contributed by atoms with Gasteiger partial charge >= 0.3 is 0 Å². The van der Waals surface area contributed by atoms with Gasteiger partial charge in [0.05, 0.1) is 11.4 Å². The molecule has 2 rings (SSSR count). The Morgan fingerprint density at radius 1 is 1.33 bits per heavy atom. The van der Waals surface area contributed by atoms with E-state index < -0.39 is 10.0 Å². The van der Waals surface area contributed by atoms with E-state index in [1.165, 1.54) is 4.31 Å². The van der Waals surface area contributed by atoms with Gasteiger partial charge in [0, 0.05) is 11.0 Å². The average Bonchev–Trinajstić information content (AvgIpc) is 2.41. The van der Waals surface area contributed by atoms with E-state index in [2.05, 4.69) is 15.9 Å². The summed E-state index contributed by atoms with van der Waals surface area (Å²) in [6.07, 6.45) is 0. The molecular formula is C10H12BrNO2S. The minimum atomic E-state index is -3.08. The summed E-state index contributed by atoms with van der Waals surface area (Å²) in [7, 11) is -3.08. The van der Waals surface area contributed by atoms with Crippen molar-refractivity contribution in [1.29, 1.82) is 0 Å². The summed E-state index contributed by atoms with van der Waals surface area (Å²) in [5.74, 6) is 0.460. The number of hydrogen-bond donors (Lipinski definition) is 0. The van der Waals surface area contributed by atoms with Gasteiger partial charge in [-0.2, -0.15) is 0 Å². The highest BCUT2D eigenvalue weighted by atomic mass is 79.9. The van der Waals surface area contributed by atoms with E-state index in [9.17, 15) is 8.42 Å². The zero-order chi connectivity index (χ0) is 11.1. The van der Waals surface area contributed by atoms with Crippen molar-refractivity contribution < 1.29 is 8.42 Å². The fraction of sp³-hybridized carbons (Fsp3) is 0.400. The van der Waals surface area contributed by atoms with Crippen molar-refractivity contribution in [3.63, 3.8) is 0 Å². The zero-order valence-corrected chi connectivity index (χ0v) is 10.8. The number of hydrogen-bond acceptors (Lipinski definition) is 2. The first kappa shape index (κ1) is 11.0. The molecule has 1 atom stereocenters. The van der Waals surface area contributed by atoms with Crippen LogP contribution in [-0.4, -0.2) is 20.7 Å². The van der Waals surface area contributed by atoms with E-state index >= 15 is 0 Å². The number of halogens is 1. The minimum Gasteiger partial charge on any atom is -0.270 e. The van der Waals surface area contributed by atoms with Gasteiger partial charge in [-0.1, -0.05) is 22.9 Å². The topological polar surface area (TPSA) is 37.4 Å². The van der Waals surface area contributed by atoms with Crippen LogP contribution < -0.4 is 4.31 Å². The number of sulfonamides is 1. The summed E-state index contributed by atoms with van der Waals surface area (Å²) in [6, 6.07) is 7.35. The first-order chi connectivity index (χ1) is 6.99. The molecule has 1 aromatic carbocycles. The summed E-state index contributed by atoms with van der Waals surface area (Å²) in [5.41, 5.74) is 0.752. The molecule has 0 N–H and O–H groups in total. The van der Waals surface area contributed by atoms with Crippen LogP contribution in [0.2, 0.25) is 0 Å². The Balaban J connectivity index is 2.36. The van der Waals surface area contributed by atoms with E-state index in [4.69, 9.17) is 0 Å².